The van der Waals surface area contributed by atoms with Crippen molar-refractivity contribution in [2.24, 2.45) is 5.92 Å². The molecule has 33 heavy (non-hydrogen) atoms. The van der Waals surface area contributed by atoms with E-state index < -0.39 is 10.0 Å². The summed E-state index contributed by atoms with van der Waals surface area (Å²) < 4.78 is 33.2. The van der Waals surface area contributed by atoms with E-state index in [-0.39, 0.29) is 29.3 Å². The zero-order valence-corrected chi connectivity index (χ0v) is 21.3. The van der Waals surface area contributed by atoms with Crippen LogP contribution < -0.4 is 10.1 Å². The highest BCUT2D eigenvalue weighted by molar-refractivity contribution is 7.89. The SMILES string of the molecule is COc1cc(C)c(C(C)NC(=O)C2CCCN(S(=O)(=O)c3ccc(C)cc3)C2)cc1C(C)C. The summed E-state index contributed by atoms with van der Waals surface area (Å²) in [4.78, 5) is 13.4. The van der Waals surface area contributed by atoms with Crippen molar-refractivity contribution in [2.45, 2.75) is 64.3 Å². The molecular formula is C26H36N2O4S. The predicted octanol–water partition coefficient (Wildman–Crippen LogP) is 4.71. The van der Waals surface area contributed by atoms with Crippen LogP contribution in [-0.2, 0) is 14.8 Å². The Labute approximate surface area is 198 Å². The summed E-state index contributed by atoms with van der Waals surface area (Å²) in [6.45, 7) is 10.8. The zero-order valence-electron chi connectivity index (χ0n) is 20.5. The van der Waals surface area contributed by atoms with E-state index in [1.54, 1.807) is 31.4 Å². The molecule has 1 fully saturated rings. The highest BCUT2D eigenvalue weighted by Gasteiger charge is 2.34. The van der Waals surface area contributed by atoms with Crippen molar-refractivity contribution >= 4 is 15.9 Å². The van der Waals surface area contributed by atoms with Crippen molar-refractivity contribution in [2.75, 3.05) is 20.2 Å². The van der Waals surface area contributed by atoms with Crippen LogP contribution >= 0.6 is 0 Å². The molecule has 2 aromatic carbocycles. The molecule has 0 spiro atoms. The van der Waals surface area contributed by atoms with Crippen molar-refractivity contribution in [1.82, 2.24) is 9.62 Å². The second-order valence-corrected chi connectivity index (χ2v) is 11.3. The third-order valence-corrected chi connectivity index (χ3v) is 8.36. The van der Waals surface area contributed by atoms with Gasteiger partial charge >= 0.3 is 0 Å². The summed E-state index contributed by atoms with van der Waals surface area (Å²) in [6.07, 6.45) is 1.34. The molecule has 0 radical (unpaired) electrons. The van der Waals surface area contributed by atoms with Gasteiger partial charge in [-0.3, -0.25) is 4.79 Å². The second kappa shape index (κ2) is 10.3. The maximum atomic E-state index is 13.1. The normalized spacial score (nSPS) is 18.2. The largest absolute Gasteiger partial charge is 0.496 e. The van der Waals surface area contributed by atoms with E-state index in [2.05, 4.69) is 25.2 Å². The predicted molar refractivity (Wildman–Crippen MR) is 131 cm³/mol. The van der Waals surface area contributed by atoms with Gasteiger partial charge in [0.2, 0.25) is 15.9 Å². The smallest absolute Gasteiger partial charge is 0.243 e. The molecule has 0 aliphatic carbocycles. The Hall–Kier alpha value is -2.38. The third kappa shape index (κ3) is 5.58. The number of rotatable bonds is 7. The number of carbonyl (C=O) groups is 1. The summed E-state index contributed by atoms with van der Waals surface area (Å²) in [5.74, 6) is 0.673. The molecule has 6 nitrogen and oxygen atoms in total. The molecule has 1 heterocycles. The molecule has 1 N–H and O–H groups in total. The quantitative estimate of drug-likeness (QED) is 0.633. The number of sulfonamides is 1. The molecule has 180 valence electrons. The first-order chi connectivity index (χ1) is 15.5. The summed E-state index contributed by atoms with van der Waals surface area (Å²) in [5.41, 5.74) is 4.21. The number of benzene rings is 2. The fraction of sp³-hybridized carbons (Fsp3) is 0.500. The van der Waals surface area contributed by atoms with Crippen LogP contribution in [0.2, 0.25) is 0 Å². The molecule has 0 bridgehead atoms. The Morgan fingerprint density at radius 3 is 2.36 bits per heavy atom. The van der Waals surface area contributed by atoms with Crippen molar-refractivity contribution in [3.05, 3.63) is 58.7 Å². The fourth-order valence-electron chi connectivity index (χ4n) is 4.45. The number of hydrogen-bond acceptors (Lipinski definition) is 4. The zero-order chi connectivity index (χ0) is 24.3. The van der Waals surface area contributed by atoms with Crippen LogP contribution in [0.15, 0.2) is 41.3 Å². The molecule has 2 aromatic rings. The fourth-order valence-corrected chi connectivity index (χ4v) is 5.98. The van der Waals surface area contributed by atoms with Crippen LogP contribution in [0.25, 0.3) is 0 Å². The van der Waals surface area contributed by atoms with E-state index in [4.69, 9.17) is 4.74 Å². The van der Waals surface area contributed by atoms with E-state index in [1.807, 2.05) is 26.8 Å². The average Bonchev–Trinajstić information content (AvgIpc) is 2.78. The lowest BCUT2D eigenvalue weighted by Gasteiger charge is -2.32. The van der Waals surface area contributed by atoms with Crippen LogP contribution in [0.3, 0.4) is 0 Å². The topological polar surface area (TPSA) is 75.7 Å². The number of carbonyl (C=O) groups excluding carboxylic acids is 1. The van der Waals surface area contributed by atoms with Gasteiger partial charge in [-0.1, -0.05) is 31.5 Å². The minimum absolute atomic E-state index is 0.104. The Balaban J connectivity index is 1.74. The highest BCUT2D eigenvalue weighted by Crippen LogP contribution is 2.32. The number of methoxy groups -OCH3 is 1. The van der Waals surface area contributed by atoms with Gasteiger partial charge in [0.25, 0.3) is 0 Å². The summed E-state index contributed by atoms with van der Waals surface area (Å²) in [6, 6.07) is 10.8. The molecule has 1 amide bonds. The maximum Gasteiger partial charge on any atom is 0.243 e. The van der Waals surface area contributed by atoms with E-state index in [1.165, 1.54) is 4.31 Å². The van der Waals surface area contributed by atoms with E-state index in [9.17, 15) is 13.2 Å². The Morgan fingerprint density at radius 2 is 1.76 bits per heavy atom. The van der Waals surface area contributed by atoms with Gasteiger partial charge < -0.3 is 10.1 Å². The first kappa shape index (κ1) is 25.2. The minimum Gasteiger partial charge on any atom is -0.496 e. The molecule has 2 unspecified atom stereocenters. The number of nitrogens with zero attached hydrogens (tertiary/aromatic N) is 1. The first-order valence-electron chi connectivity index (χ1n) is 11.6. The van der Waals surface area contributed by atoms with Crippen molar-refractivity contribution < 1.29 is 17.9 Å². The van der Waals surface area contributed by atoms with Crippen LogP contribution in [0, 0.1) is 19.8 Å². The molecule has 0 aromatic heterocycles. The molecular weight excluding hydrogens is 436 g/mol. The van der Waals surface area contributed by atoms with Gasteiger partial charge in [0, 0.05) is 13.1 Å². The van der Waals surface area contributed by atoms with Crippen molar-refractivity contribution in [3.8, 4) is 5.75 Å². The minimum atomic E-state index is -3.62. The van der Waals surface area contributed by atoms with Gasteiger partial charge in [-0.25, -0.2) is 8.42 Å². The third-order valence-electron chi connectivity index (χ3n) is 6.48. The van der Waals surface area contributed by atoms with Gasteiger partial charge in [-0.2, -0.15) is 4.31 Å². The Morgan fingerprint density at radius 1 is 1.09 bits per heavy atom. The van der Waals surface area contributed by atoms with Crippen molar-refractivity contribution in [1.29, 1.82) is 0 Å². The van der Waals surface area contributed by atoms with Gasteiger partial charge in [-0.15, -0.1) is 0 Å². The Bertz CT molecular complexity index is 1090. The van der Waals surface area contributed by atoms with E-state index in [0.29, 0.717) is 25.3 Å². The van der Waals surface area contributed by atoms with E-state index >= 15 is 0 Å². The van der Waals surface area contributed by atoms with Gasteiger partial charge in [0.15, 0.2) is 0 Å². The number of nitrogens with one attached hydrogen (secondary N) is 1. The number of hydrogen-bond donors (Lipinski definition) is 1. The molecule has 7 heteroatoms. The molecule has 1 aliphatic heterocycles. The monoisotopic (exact) mass is 472 g/mol. The molecule has 0 saturated carbocycles. The number of amides is 1. The van der Waals surface area contributed by atoms with Crippen LogP contribution in [0.4, 0.5) is 0 Å². The van der Waals surface area contributed by atoms with Crippen molar-refractivity contribution in [3.63, 3.8) is 0 Å². The summed E-state index contributed by atoms with van der Waals surface area (Å²) in [5, 5.41) is 3.13. The highest BCUT2D eigenvalue weighted by atomic mass is 32.2. The van der Waals surface area contributed by atoms with Gasteiger partial charge in [0.05, 0.1) is 24.0 Å². The average molecular weight is 473 g/mol. The van der Waals surface area contributed by atoms with Gasteiger partial charge in [0.1, 0.15) is 5.75 Å². The standard InChI is InChI=1S/C26H36N2O4S/c1-17(2)23-15-24(19(4)14-25(23)32-6)20(5)27-26(29)21-8-7-13-28(16-21)33(30,31)22-11-9-18(3)10-12-22/h9-12,14-15,17,20-21H,7-8,13,16H2,1-6H3,(H,27,29). The van der Waals surface area contributed by atoms with Gasteiger partial charge in [-0.05, 0) is 80.5 Å². The van der Waals surface area contributed by atoms with E-state index in [0.717, 1.165) is 28.0 Å². The Kier molecular flexibility index (Phi) is 7.85. The lowest BCUT2D eigenvalue weighted by atomic mass is 9.92. The van der Waals surface area contributed by atoms with Crippen LogP contribution in [0.5, 0.6) is 5.75 Å². The number of aryl methyl sites for hydroxylation is 2. The summed E-state index contributed by atoms with van der Waals surface area (Å²) in [7, 11) is -1.94. The second-order valence-electron chi connectivity index (χ2n) is 9.35. The summed E-state index contributed by atoms with van der Waals surface area (Å²) >= 11 is 0. The van der Waals surface area contributed by atoms with Crippen LogP contribution in [0.1, 0.15) is 67.8 Å². The number of ether oxygens (including phenoxy) is 1. The van der Waals surface area contributed by atoms with Crippen LogP contribution in [-0.4, -0.2) is 38.8 Å². The lowest BCUT2D eigenvalue weighted by molar-refractivity contribution is -0.126. The molecule has 3 rings (SSSR count). The molecule has 1 aliphatic rings. The number of piperidine rings is 1. The first-order valence-corrected chi connectivity index (χ1v) is 13.0. The molecule has 2 atom stereocenters. The lowest BCUT2D eigenvalue weighted by Crippen LogP contribution is -2.45. The maximum absolute atomic E-state index is 13.1. The molecule has 1 saturated heterocycles.